The van der Waals surface area contributed by atoms with Gasteiger partial charge in [-0.05, 0) is 147 Å². The number of ether oxygens (including phenoxy) is 6. The maximum Gasteiger partial charge on any atom is 0.329 e. The van der Waals surface area contributed by atoms with Gasteiger partial charge in [0.2, 0.25) is 5.79 Å². The summed E-state index contributed by atoms with van der Waals surface area (Å²) in [6.45, 7) is 20.9. The molecule has 3 fully saturated rings. The van der Waals surface area contributed by atoms with Crippen molar-refractivity contribution in [3.05, 3.63) is 47.6 Å². The van der Waals surface area contributed by atoms with Crippen LogP contribution in [0.25, 0.3) is 0 Å². The summed E-state index contributed by atoms with van der Waals surface area (Å²) in [6, 6.07) is -1.18. The van der Waals surface area contributed by atoms with Crippen molar-refractivity contribution in [3.63, 3.8) is 0 Å². The predicted octanol–water partition coefficient (Wildman–Crippen LogP) is 7.90. The smallest absolute Gasteiger partial charge is 0.329 e. The van der Waals surface area contributed by atoms with Crippen LogP contribution in [0.3, 0.4) is 0 Å². The Morgan fingerprint density at radius 1 is 0.842 bits per heavy atom. The highest BCUT2D eigenvalue weighted by Gasteiger charge is 2.53. The van der Waals surface area contributed by atoms with Crippen LogP contribution in [0.4, 0.5) is 0 Å². The minimum absolute atomic E-state index is 0.00411. The third-order valence-electron chi connectivity index (χ3n) is 16.6. The number of carbonyl (C=O) groups is 5. The fourth-order valence-corrected chi connectivity index (χ4v) is 11.3. The summed E-state index contributed by atoms with van der Waals surface area (Å²) in [4.78, 5) is 73.0. The molecule has 0 radical (unpaired) electrons. The number of carbonyl (C=O) groups excluding carboxylic acids is 5. The Hall–Kier alpha value is -3.45. The third kappa shape index (κ3) is 18.6. The van der Waals surface area contributed by atoms with Crippen LogP contribution >= 0.6 is 0 Å². The number of aliphatic hydroxyl groups is 4. The number of allylic oxidation sites excluding steroid dienone is 6. The average Bonchev–Trinajstić information content (AvgIpc) is 3.36. The topological polar surface area (TPSA) is 225 Å². The van der Waals surface area contributed by atoms with Crippen molar-refractivity contribution in [3.8, 4) is 0 Å². The molecule has 16 nitrogen and oxygen atoms in total. The van der Waals surface area contributed by atoms with Gasteiger partial charge in [0.05, 0.1) is 42.2 Å². The molecule has 1 unspecified atom stereocenters. The van der Waals surface area contributed by atoms with E-state index in [1.807, 2.05) is 85.8 Å². The highest BCUT2D eigenvalue weighted by Crippen LogP contribution is 2.39. The first-order valence-electron chi connectivity index (χ1n) is 28.2. The van der Waals surface area contributed by atoms with E-state index in [2.05, 4.69) is 0 Å². The van der Waals surface area contributed by atoms with Gasteiger partial charge in [-0.25, -0.2) is 4.79 Å². The SMILES string of the molecule is CO[C@@H]1C[C@H](C[C@@H](C)[C@@H]2CC(=O)[C@H](C)/C=C(\C)[C@@H](O)[C@@H](OC)C(=O)[C@H](C)C[C@H](C)/C=C/C=C/C=C(\C)[C@H](OC(C)(C)CCOC(C)(C)CCO)C[C@@H]3CC[C@@H](C)[C@@](O)(O3)C(=O)C(=O)N3CCCCC3C(=O)O2)CC[C@H]1O. The van der Waals surface area contributed by atoms with Gasteiger partial charge < -0.3 is 53.7 Å². The summed E-state index contributed by atoms with van der Waals surface area (Å²) in [7, 11) is 2.94. The van der Waals surface area contributed by atoms with E-state index in [0.29, 0.717) is 82.8 Å². The van der Waals surface area contributed by atoms with Crippen molar-refractivity contribution in [2.45, 2.75) is 232 Å². The van der Waals surface area contributed by atoms with Crippen LogP contribution < -0.4 is 0 Å². The van der Waals surface area contributed by atoms with Gasteiger partial charge in [-0.2, -0.15) is 0 Å². The number of fused-ring (bicyclic) bond motifs is 3. The van der Waals surface area contributed by atoms with Gasteiger partial charge in [-0.15, -0.1) is 0 Å². The third-order valence-corrected chi connectivity index (χ3v) is 16.6. The monoisotopic (exact) mass is 1070 g/mol. The minimum atomic E-state index is -2.50. The van der Waals surface area contributed by atoms with Crippen molar-refractivity contribution in [2.24, 2.45) is 35.5 Å². The molecule has 0 aromatic carbocycles. The normalized spacial score (nSPS) is 36.8. The summed E-state index contributed by atoms with van der Waals surface area (Å²) in [5.74, 6) is -8.32. The Bertz CT molecular complexity index is 2040. The van der Waals surface area contributed by atoms with Crippen molar-refractivity contribution in [1.29, 1.82) is 0 Å². The predicted molar refractivity (Wildman–Crippen MR) is 290 cm³/mol. The number of nitrogens with zero attached hydrogens (tertiary/aromatic N) is 1. The zero-order chi connectivity index (χ0) is 56.7. The quantitative estimate of drug-likeness (QED) is 0.0782. The van der Waals surface area contributed by atoms with E-state index in [0.717, 1.165) is 5.57 Å². The molecule has 1 saturated carbocycles. The maximum atomic E-state index is 14.6. The van der Waals surface area contributed by atoms with Gasteiger partial charge in [0.25, 0.3) is 11.7 Å². The van der Waals surface area contributed by atoms with Gasteiger partial charge in [0, 0.05) is 58.0 Å². The van der Waals surface area contributed by atoms with Crippen LogP contribution in [0.1, 0.15) is 166 Å². The first-order chi connectivity index (χ1) is 35.7. The molecule has 0 aromatic rings. The van der Waals surface area contributed by atoms with Gasteiger partial charge in [0.15, 0.2) is 5.78 Å². The van der Waals surface area contributed by atoms with Gasteiger partial charge in [0.1, 0.15) is 30.1 Å². The zero-order valence-electron chi connectivity index (χ0n) is 48.3. The molecule has 432 valence electrons. The van der Waals surface area contributed by atoms with E-state index < -0.39 is 95.1 Å². The van der Waals surface area contributed by atoms with Gasteiger partial charge in [-0.1, -0.05) is 71.1 Å². The Morgan fingerprint density at radius 3 is 2.22 bits per heavy atom. The number of ketones is 3. The summed E-state index contributed by atoms with van der Waals surface area (Å²) in [5, 5.41) is 43.9. The van der Waals surface area contributed by atoms with Crippen LogP contribution in [0.2, 0.25) is 0 Å². The largest absolute Gasteiger partial charge is 0.460 e. The summed E-state index contributed by atoms with van der Waals surface area (Å²) in [5.41, 5.74) is -0.0378. The number of aliphatic hydroxyl groups excluding tert-OH is 3. The number of methoxy groups -OCH3 is 2. The van der Waals surface area contributed by atoms with Crippen molar-refractivity contribution < 1.29 is 72.8 Å². The van der Waals surface area contributed by atoms with E-state index in [9.17, 15) is 44.4 Å². The molecule has 4 rings (SSSR count). The van der Waals surface area contributed by atoms with Crippen LogP contribution in [0.5, 0.6) is 0 Å². The van der Waals surface area contributed by atoms with Gasteiger partial charge in [-0.3, -0.25) is 19.2 Å². The summed E-state index contributed by atoms with van der Waals surface area (Å²) >= 11 is 0. The highest BCUT2D eigenvalue weighted by molar-refractivity contribution is 6.39. The zero-order valence-corrected chi connectivity index (χ0v) is 48.3. The van der Waals surface area contributed by atoms with Crippen molar-refractivity contribution in [1.82, 2.24) is 4.90 Å². The Balaban J connectivity index is 1.74. The molecule has 1 amide bonds. The van der Waals surface area contributed by atoms with E-state index in [4.69, 9.17) is 28.4 Å². The minimum Gasteiger partial charge on any atom is -0.460 e. The van der Waals surface area contributed by atoms with E-state index in [1.54, 1.807) is 34.0 Å². The molecule has 16 heteroatoms. The lowest BCUT2D eigenvalue weighted by Crippen LogP contribution is -2.61. The number of piperidine rings is 1. The molecule has 15 atom stereocenters. The van der Waals surface area contributed by atoms with E-state index in [1.165, 1.54) is 12.0 Å². The van der Waals surface area contributed by atoms with Crippen LogP contribution in [-0.4, -0.2) is 154 Å². The molecule has 76 heavy (non-hydrogen) atoms. The fourth-order valence-electron chi connectivity index (χ4n) is 11.3. The number of cyclic esters (lactones) is 1. The second-order valence-corrected chi connectivity index (χ2v) is 24.1. The van der Waals surface area contributed by atoms with Crippen LogP contribution in [-0.2, 0) is 52.4 Å². The van der Waals surface area contributed by atoms with Crippen molar-refractivity contribution in [2.75, 3.05) is 34.0 Å². The Labute approximate surface area is 454 Å². The molecule has 0 spiro atoms. The molecule has 2 saturated heterocycles. The fraction of sp³-hybridized carbons (Fsp3) is 0.783. The number of Topliss-reactive ketones (excluding diaryl/α,β-unsaturated/α-hetero) is 3. The van der Waals surface area contributed by atoms with E-state index >= 15 is 0 Å². The molecule has 4 N–H and O–H groups in total. The molecule has 0 aromatic heterocycles. The molecular weight excluding hydrogens is 975 g/mol. The number of amides is 1. The number of hydrogen-bond donors (Lipinski definition) is 4. The lowest BCUT2D eigenvalue weighted by Gasteiger charge is -2.43. The molecule has 4 aliphatic rings. The maximum absolute atomic E-state index is 14.6. The molecular formula is C60H97NO15. The Kier molecular flexibility index (Phi) is 25.4. The lowest BCUT2D eigenvalue weighted by atomic mass is 9.78. The molecule has 1 aliphatic carbocycles. The van der Waals surface area contributed by atoms with E-state index in [-0.39, 0.29) is 67.8 Å². The first kappa shape index (κ1) is 65.1. The van der Waals surface area contributed by atoms with Crippen LogP contribution in [0, 0.1) is 35.5 Å². The van der Waals surface area contributed by atoms with Gasteiger partial charge >= 0.3 is 5.97 Å². The Morgan fingerprint density at radius 2 is 1.55 bits per heavy atom. The molecule has 3 heterocycles. The second-order valence-electron chi connectivity index (χ2n) is 24.1. The standard InChI is InChI=1S/C60H97NO15/c1-37-19-15-14-16-20-38(2)50(76-59(10,11)27-30-73-58(8,9)26-29-62)35-45-24-22-43(7)60(70,75-45)55(67)56(68)61-28-18-17-21-46(61)57(69)74-49(40(4)33-44-23-25-47(63)51(34-44)71-12)36-48(64)39(3)32-42(6)53(66)54(72-13)52(65)41(5)31-37/h14-16,19-20,32,37,39-41,43-47,49-51,53-54,62-63,66,70H,17-18,21-31,33-36H2,1-13H3/b16-14+,19-15+,38-20+,42-32+/t37-,39-,40-,41-,43-,44+,45+,46?,47-,49+,50-,51-,53-,54+,60-/m1/s1. The second kappa shape index (κ2) is 29.7. The van der Waals surface area contributed by atoms with Crippen molar-refractivity contribution >= 4 is 29.2 Å². The first-order valence-corrected chi connectivity index (χ1v) is 28.2. The lowest BCUT2D eigenvalue weighted by molar-refractivity contribution is -0.267. The van der Waals surface area contributed by atoms with Crippen LogP contribution in [0.15, 0.2) is 47.6 Å². The summed E-state index contributed by atoms with van der Waals surface area (Å²) in [6.07, 6.45) is 11.5. The number of rotatable bonds is 13. The summed E-state index contributed by atoms with van der Waals surface area (Å²) < 4.78 is 36.9. The molecule has 2 bridgehead atoms. The molecule has 3 aliphatic heterocycles. The average molecular weight is 1070 g/mol. The number of esters is 1. The number of hydrogen-bond acceptors (Lipinski definition) is 15. The highest BCUT2D eigenvalue weighted by atomic mass is 16.6.